The van der Waals surface area contributed by atoms with Gasteiger partial charge in [-0.3, -0.25) is 19.3 Å². The highest BCUT2D eigenvalue weighted by Gasteiger charge is 2.36. The monoisotopic (exact) mass is 681 g/mol. The second-order valence-corrected chi connectivity index (χ2v) is 10.3. The van der Waals surface area contributed by atoms with Gasteiger partial charge in [0, 0.05) is 5.56 Å². The maximum Gasteiger partial charge on any atom is 0.326 e. The first-order chi connectivity index (χ1) is 15.2. The van der Waals surface area contributed by atoms with Crippen molar-refractivity contribution in [3.05, 3.63) is 65.4 Å². The van der Waals surface area contributed by atoms with E-state index in [1.54, 1.807) is 50.3 Å². The number of thioether (sulfide) groups is 1. The minimum Gasteiger partial charge on any atom is -0.487 e. The summed E-state index contributed by atoms with van der Waals surface area (Å²) in [4.78, 5) is 37.8. The second-order valence-electron chi connectivity index (χ2n) is 7.00. The first-order valence-electron chi connectivity index (χ1n) is 9.45. The Bertz CT molecular complexity index is 1080. The number of halogens is 3. The summed E-state index contributed by atoms with van der Waals surface area (Å²) in [5, 5.41) is -0.517. The van der Waals surface area contributed by atoms with E-state index in [9.17, 15) is 18.8 Å². The van der Waals surface area contributed by atoms with E-state index in [2.05, 4.69) is 45.2 Å². The van der Waals surface area contributed by atoms with E-state index < -0.39 is 23.7 Å². The molecule has 0 unspecified atom stereocenters. The molecule has 1 aliphatic rings. The molecule has 1 fully saturated rings. The van der Waals surface area contributed by atoms with E-state index >= 15 is 0 Å². The van der Waals surface area contributed by atoms with Crippen molar-refractivity contribution in [3.63, 3.8) is 0 Å². The zero-order chi connectivity index (χ0) is 23.4. The zero-order valence-electron chi connectivity index (χ0n) is 17.1. The fourth-order valence-electron chi connectivity index (χ4n) is 2.78. The molecular formula is C22H18FI2NO5S. The van der Waals surface area contributed by atoms with Gasteiger partial charge in [-0.25, -0.2) is 4.39 Å². The summed E-state index contributed by atoms with van der Waals surface area (Å²) in [6.45, 7) is 3.05. The molecule has 1 heterocycles. The molecule has 1 aliphatic heterocycles. The van der Waals surface area contributed by atoms with Crippen molar-refractivity contribution in [1.29, 1.82) is 0 Å². The minimum absolute atomic E-state index is 0.0867. The van der Waals surface area contributed by atoms with Crippen molar-refractivity contribution in [3.8, 4) is 5.75 Å². The van der Waals surface area contributed by atoms with Crippen LogP contribution in [0.15, 0.2) is 41.3 Å². The van der Waals surface area contributed by atoms with Crippen molar-refractivity contribution in [2.45, 2.75) is 26.6 Å². The quantitative estimate of drug-likeness (QED) is 0.215. The number of esters is 1. The van der Waals surface area contributed by atoms with Crippen LogP contribution in [-0.4, -0.2) is 34.7 Å². The molecule has 10 heteroatoms. The van der Waals surface area contributed by atoms with Crippen LogP contribution in [0, 0.1) is 13.0 Å². The van der Waals surface area contributed by atoms with Crippen LogP contribution in [0.3, 0.4) is 0 Å². The molecule has 0 spiro atoms. The van der Waals surface area contributed by atoms with Crippen LogP contribution in [0.25, 0.3) is 6.08 Å². The summed E-state index contributed by atoms with van der Waals surface area (Å²) in [6.07, 6.45) is 1.27. The van der Waals surface area contributed by atoms with Crippen molar-refractivity contribution < 1.29 is 28.2 Å². The standard InChI is InChI=1S/C22H18FI2NO5S/c1-12(2)31-19(27)10-26-21(28)18(32-22(26)29)9-13-7-16(24)20(17(25)8-13)30-11-14-5-3-4-6-15(14)23/h3-9,12H,10-11H2,1-2H3/b18-9+. The molecule has 32 heavy (non-hydrogen) atoms. The largest absolute Gasteiger partial charge is 0.487 e. The molecule has 0 saturated carbocycles. The van der Waals surface area contributed by atoms with Gasteiger partial charge in [-0.1, -0.05) is 18.2 Å². The van der Waals surface area contributed by atoms with Crippen molar-refractivity contribution in [2.75, 3.05) is 6.54 Å². The van der Waals surface area contributed by atoms with E-state index in [0.717, 1.165) is 23.8 Å². The summed E-state index contributed by atoms with van der Waals surface area (Å²) in [5.74, 6) is -0.895. The molecule has 0 aliphatic carbocycles. The average molecular weight is 681 g/mol. The Hall–Kier alpha value is -1.67. The van der Waals surface area contributed by atoms with Crippen LogP contribution in [0.4, 0.5) is 9.18 Å². The van der Waals surface area contributed by atoms with Gasteiger partial charge in [0.05, 0.1) is 18.1 Å². The smallest absolute Gasteiger partial charge is 0.326 e. The Labute approximate surface area is 216 Å². The number of ether oxygens (including phenoxy) is 2. The normalized spacial score (nSPS) is 15.1. The lowest BCUT2D eigenvalue weighted by atomic mass is 10.2. The van der Waals surface area contributed by atoms with Gasteiger partial charge in [0.2, 0.25) is 0 Å². The SMILES string of the molecule is CC(C)OC(=O)CN1C(=O)S/C(=C/c2cc(I)c(OCc3ccccc3F)c(I)c2)C1=O. The van der Waals surface area contributed by atoms with E-state index in [-0.39, 0.29) is 23.4 Å². The number of hydrogen-bond acceptors (Lipinski definition) is 6. The molecule has 1 saturated heterocycles. The highest BCUT2D eigenvalue weighted by Crippen LogP contribution is 2.35. The van der Waals surface area contributed by atoms with E-state index in [1.165, 1.54) is 6.07 Å². The lowest BCUT2D eigenvalue weighted by Gasteiger charge is -2.13. The van der Waals surface area contributed by atoms with Crippen LogP contribution in [0.5, 0.6) is 5.75 Å². The van der Waals surface area contributed by atoms with Crippen molar-refractivity contribution >= 4 is 80.1 Å². The molecular weight excluding hydrogens is 663 g/mol. The van der Waals surface area contributed by atoms with Gasteiger partial charge in [0.15, 0.2) is 0 Å². The van der Waals surface area contributed by atoms with Gasteiger partial charge in [-0.2, -0.15) is 0 Å². The summed E-state index contributed by atoms with van der Waals surface area (Å²) < 4.78 is 26.2. The third-order valence-electron chi connectivity index (χ3n) is 4.18. The second kappa shape index (κ2) is 11.0. The Kier molecular flexibility index (Phi) is 8.55. The highest BCUT2D eigenvalue weighted by molar-refractivity contribution is 14.1. The predicted molar refractivity (Wildman–Crippen MR) is 137 cm³/mol. The fourth-order valence-corrected chi connectivity index (χ4v) is 5.75. The molecule has 0 radical (unpaired) electrons. The number of imide groups is 1. The number of rotatable bonds is 7. The third kappa shape index (κ3) is 6.22. The van der Waals surface area contributed by atoms with Crippen LogP contribution >= 0.6 is 56.9 Å². The summed E-state index contributed by atoms with van der Waals surface area (Å²) in [5.41, 5.74) is 1.15. The Balaban J connectivity index is 1.74. The van der Waals surface area contributed by atoms with E-state index in [0.29, 0.717) is 16.9 Å². The highest BCUT2D eigenvalue weighted by atomic mass is 127. The van der Waals surface area contributed by atoms with Crippen LogP contribution in [-0.2, 0) is 20.9 Å². The maximum atomic E-state index is 13.8. The number of benzene rings is 2. The summed E-state index contributed by atoms with van der Waals surface area (Å²) in [7, 11) is 0. The van der Waals surface area contributed by atoms with Crippen LogP contribution < -0.4 is 4.74 Å². The maximum absolute atomic E-state index is 13.8. The lowest BCUT2D eigenvalue weighted by Crippen LogP contribution is -2.35. The van der Waals surface area contributed by atoms with Crippen LogP contribution in [0.1, 0.15) is 25.0 Å². The first kappa shape index (κ1) is 25.0. The molecule has 3 rings (SSSR count). The number of nitrogens with zero attached hydrogens (tertiary/aromatic N) is 1. The molecule has 2 aromatic rings. The minimum atomic E-state index is -0.635. The molecule has 6 nitrogen and oxygen atoms in total. The van der Waals surface area contributed by atoms with Gasteiger partial charge in [-0.05, 0) is 101 Å². The zero-order valence-corrected chi connectivity index (χ0v) is 22.2. The number of carbonyl (C=O) groups excluding carboxylic acids is 3. The van der Waals surface area contributed by atoms with Gasteiger partial charge in [-0.15, -0.1) is 0 Å². The molecule has 2 aromatic carbocycles. The van der Waals surface area contributed by atoms with Gasteiger partial charge < -0.3 is 9.47 Å². The fraction of sp³-hybridized carbons (Fsp3) is 0.227. The Morgan fingerprint density at radius 3 is 2.47 bits per heavy atom. The summed E-state index contributed by atoms with van der Waals surface area (Å²) >= 11 is 4.99. The summed E-state index contributed by atoms with van der Waals surface area (Å²) in [6, 6.07) is 10.0. The molecule has 0 N–H and O–H groups in total. The van der Waals surface area contributed by atoms with Crippen molar-refractivity contribution in [1.82, 2.24) is 4.90 Å². The number of hydrogen-bond donors (Lipinski definition) is 0. The lowest BCUT2D eigenvalue weighted by molar-refractivity contribution is -0.149. The Morgan fingerprint density at radius 1 is 1.19 bits per heavy atom. The first-order valence-corrected chi connectivity index (χ1v) is 12.4. The van der Waals surface area contributed by atoms with Gasteiger partial charge in [0.1, 0.15) is 24.7 Å². The predicted octanol–water partition coefficient (Wildman–Crippen LogP) is 5.60. The van der Waals surface area contributed by atoms with E-state index in [4.69, 9.17) is 9.47 Å². The third-order valence-corrected chi connectivity index (χ3v) is 6.69. The van der Waals surface area contributed by atoms with Gasteiger partial charge in [0.25, 0.3) is 11.1 Å². The number of carbonyl (C=O) groups is 3. The van der Waals surface area contributed by atoms with E-state index in [1.807, 2.05) is 0 Å². The molecule has 0 aromatic heterocycles. The molecule has 168 valence electrons. The molecule has 0 atom stereocenters. The topological polar surface area (TPSA) is 72.9 Å². The van der Waals surface area contributed by atoms with Crippen LogP contribution in [0.2, 0.25) is 0 Å². The number of amides is 2. The van der Waals surface area contributed by atoms with Crippen molar-refractivity contribution in [2.24, 2.45) is 0 Å². The van der Waals surface area contributed by atoms with Gasteiger partial charge >= 0.3 is 5.97 Å². The molecule has 2 amide bonds. The molecule has 0 bridgehead atoms. The average Bonchev–Trinajstić information content (AvgIpc) is 2.95. The Morgan fingerprint density at radius 2 is 1.84 bits per heavy atom.